The molecule has 0 aliphatic heterocycles. The average molecular weight is 388 g/mol. The summed E-state index contributed by atoms with van der Waals surface area (Å²) in [6.45, 7) is 18.3. The van der Waals surface area contributed by atoms with Gasteiger partial charge in [-0.3, -0.25) is 0 Å². The zero-order valence-electron chi connectivity index (χ0n) is 19.8. The molecule has 160 valence electrons. The normalized spacial score (nSPS) is 34.3. The van der Waals surface area contributed by atoms with E-state index in [9.17, 15) is 0 Å². The summed E-state index contributed by atoms with van der Waals surface area (Å²) in [6, 6.07) is 0.696. The summed E-state index contributed by atoms with van der Waals surface area (Å²) >= 11 is 0. The van der Waals surface area contributed by atoms with E-state index in [-0.39, 0.29) is 0 Å². The summed E-state index contributed by atoms with van der Waals surface area (Å²) in [7, 11) is 0. The van der Waals surface area contributed by atoms with Crippen LogP contribution in [0.15, 0.2) is 12.4 Å². The lowest BCUT2D eigenvalue weighted by Crippen LogP contribution is -2.44. The van der Waals surface area contributed by atoms with Gasteiger partial charge in [-0.15, -0.1) is 0 Å². The number of imidazole rings is 1. The van der Waals surface area contributed by atoms with Crippen LogP contribution < -0.4 is 4.57 Å². The summed E-state index contributed by atoms with van der Waals surface area (Å²) < 4.78 is 5.45. The molecular weight excluding hydrogens is 340 g/mol. The first-order valence-electron chi connectivity index (χ1n) is 12.4. The Labute approximate surface area is 175 Å². The van der Waals surface area contributed by atoms with Crippen LogP contribution in [-0.2, 0) is 6.54 Å². The van der Waals surface area contributed by atoms with Crippen molar-refractivity contribution in [1.82, 2.24) is 4.57 Å². The predicted octanol–water partition coefficient (Wildman–Crippen LogP) is 6.99. The Morgan fingerprint density at radius 2 is 1.54 bits per heavy atom. The first kappa shape index (κ1) is 21.9. The molecule has 6 atom stereocenters. The molecule has 2 heteroatoms. The van der Waals surface area contributed by atoms with Crippen molar-refractivity contribution in [3.8, 4) is 0 Å². The number of rotatable bonds is 6. The molecule has 2 nitrogen and oxygen atoms in total. The molecule has 1 aromatic rings. The summed E-state index contributed by atoms with van der Waals surface area (Å²) in [5.74, 6) is 7.36. The minimum absolute atomic E-state index is 0.696. The molecular formula is C26H47N2+. The maximum Gasteiger partial charge on any atom is 0.260 e. The van der Waals surface area contributed by atoms with Crippen LogP contribution in [0.3, 0.4) is 0 Å². The predicted molar refractivity (Wildman–Crippen MR) is 119 cm³/mol. The fourth-order valence-electron chi connectivity index (χ4n) is 6.54. The van der Waals surface area contributed by atoms with Crippen molar-refractivity contribution >= 4 is 0 Å². The quantitative estimate of drug-likeness (QED) is 0.465. The summed E-state index contributed by atoms with van der Waals surface area (Å²) in [5, 5.41) is 0. The lowest BCUT2D eigenvalue weighted by Gasteiger charge is -2.39. The highest BCUT2D eigenvalue weighted by Crippen LogP contribution is 2.46. The third kappa shape index (κ3) is 4.51. The summed E-state index contributed by atoms with van der Waals surface area (Å²) in [4.78, 5) is 0. The molecule has 0 aromatic carbocycles. The smallest absolute Gasteiger partial charge is 0.234 e. The van der Waals surface area contributed by atoms with Gasteiger partial charge in [0.2, 0.25) is 0 Å². The van der Waals surface area contributed by atoms with E-state index in [1.807, 2.05) is 0 Å². The minimum Gasteiger partial charge on any atom is -0.234 e. The van der Waals surface area contributed by atoms with E-state index < -0.39 is 0 Å². The van der Waals surface area contributed by atoms with Gasteiger partial charge in [0.05, 0.1) is 12.5 Å². The molecule has 2 aliphatic rings. The molecule has 0 spiro atoms. The first-order valence-corrected chi connectivity index (χ1v) is 12.4. The summed E-state index contributed by atoms with van der Waals surface area (Å²) in [6.07, 6.45) is 14.5. The Hall–Kier alpha value is -0.790. The number of aryl methyl sites for hydroxylation is 1. The molecule has 2 aliphatic carbocycles. The molecule has 6 unspecified atom stereocenters. The second kappa shape index (κ2) is 9.35. The Morgan fingerprint density at radius 3 is 2.14 bits per heavy atom. The number of hydrogen-bond donors (Lipinski definition) is 0. The zero-order chi connectivity index (χ0) is 20.4. The van der Waals surface area contributed by atoms with Crippen LogP contribution in [-0.4, -0.2) is 4.57 Å². The van der Waals surface area contributed by atoms with Crippen molar-refractivity contribution in [2.75, 3.05) is 0 Å². The van der Waals surface area contributed by atoms with Crippen LogP contribution >= 0.6 is 0 Å². The van der Waals surface area contributed by atoms with Gasteiger partial charge >= 0.3 is 0 Å². The molecule has 28 heavy (non-hydrogen) atoms. The lowest BCUT2D eigenvalue weighted by molar-refractivity contribution is -0.706. The largest absolute Gasteiger partial charge is 0.260 e. The molecule has 0 saturated heterocycles. The van der Waals surface area contributed by atoms with Crippen LogP contribution in [0.5, 0.6) is 0 Å². The van der Waals surface area contributed by atoms with Crippen LogP contribution in [0.1, 0.15) is 111 Å². The first-order chi connectivity index (χ1) is 13.3. The molecule has 2 fully saturated rings. The number of nitrogens with zero attached hydrogens (tertiary/aromatic N) is 2. The van der Waals surface area contributed by atoms with Gasteiger partial charge in [0.15, 0.2) is 0 Å². The molecule has 0 bridgehead atoms. The Balaban J connectivity index is 2.04. The Kier molecular flexibility index (Phi) is 7.32. The second-order valence-electron chi connectivity index (χ2n) is 11.1. The molecule has 3 rings (SSSR count). The molecule has 2 saturated carbocycles. The van der Waals surface area contributed by atoms with E-state index in [1.54, 1.807) is 5.82 Å². The highest BCUT2D eigenvalue weighted by atomic mass is 15.2. The van der Waals surface area contributed by atoms with Gasteiger partial charge < -0.3 is 0 Å². The van der Waals surface area contributed by atoms with Gasteiger partial charge in [0.1, 0.15) is 18.4 Å². The second-order valence-corrected chi connectivity index (χ2v) is 11.1. The van der Waals surface area contributed by atoms with Crippen molar-refractivity contribution in [3.05, 3.63) is 18.2 Å². The lowest BCUT2D eigenvalue weighted by atomic mass is 9.69. The van der Waals surface area contributed by atoms with Gasteiger partial charge in [-0.05, 0) is 61.7 Å². The zero-order valence-corrected chi connectivity index (χ0v) is 19.8. The molecule has 0 amide bonds. The van der Waals surface area contributed by atoms with Crippen LogP contribution in [0, 0.1) is 35.5 Å². The van der Waals surface area contributed by atoms with E-state index in [1.165, 1.54) is 51.5 Å². The minimum atomic E-state index is 0.696. The molecule has 1 aromatic heterocycles. The Morgan fingerprint density at radius 1 is 0.929 bits per heavy atom. The van der Waals surface area contributed by atoms with Gasteiger partial charge in [-0.25, -0.2) is 9.13 Å². The van der Waals surface area contributed by atoms with E-state index in [4.69, 9.17) is 0 Å². The highest BCUT2D eigenvalue weighted by Gasteiger charge is 2.43. The monoisotopic (exact) mass is 387 g/mol. The van der Waals surface area contributed by atoms with E-state index in [0.717, 1.165) is 41.4 Å². The van der Waals surface area contributed by atoms with Crippen molar-refractivity contribution in [2.45, 2.75) is 112 Å². The van der Waals surface area contributed by atoms with Gasteiger partial charge in [0.25, 0.3) is 5.82 Å². The standard InChI is InChI=1S/C26H47N2/c1-8-13-27-14-15-28(25-17-21(7)10-12-23(25)19(4)5)26(27)24-16-20(6)9-11-22(24)18(2)3/h14-15,18-25H,8-13,16-17H2,1-7H3/q+1. The van der Waals surface area contributed by atoms with Gasteiger partial charge in [-0.1, -0.05) is 61.3 Å². The molecule has 0 N–H and O–H groups in total. The molecule has 0 radical (unpaired) electrons. The number of aromatic nitrogens is 2. The SMILES string of the molecule is CCC[n+]1ccn(C2CC(C)CCC2C(C)C)c1C1CC(C)CCC1C(C)C. The van der Waals surface area contributed by atoms with Crippen LogP contribution in [0.25, 0.3) is 0 Å². The fourth-order valence-corrected chi connectivity index (χ4v) is 6.54. The highest BCUT2D eigenvalue weighted by molar-refractivity contribution is 5.04. The maximum atomic E-state index is 2.80. The molecule has 1 heterocycles. The van der Waals surface area contributed by atoms with E-state index >= 15 is 0 Å². The third-order valence-corrected chi connectivity index (χ3v) is 8.13. The van der Waals surface area contributed by atoms with E-state index in [2.05, 4.69) is 70.0 Å². The fraction of sp³-hybridized carbons (Fsp3) is 0.885. The topological polar surface area (TPSA) is 8.81 Å². The van der Waals surface area contributed by atoms with Crippen molar-refractivity contribution in [2.24, 2.45) is 35.5 Å². The van der Waals surface area contributed by atoms with Crippen molar-refractivity contribution in [1.29, 1.82) is 0 Å². The van der Waals surface area contributed by atoms with Crippen LogP contribution in [0.4, 0.5) is 0 Å². The van der Waals surface area contributed by atoms with Crippen molar-refractivity contribution < 1.29 is 4.57 Å². The number of hydrogen-bond acceptors (Lipinski definition) is 0. The summed E-state index contributed by atoms with van der Waals surface area (Å²) in [5.41, 5.74) is 0. The Bertz CT molecular complexity index is 614. The average Bonchev–Trinajstić information content (AvgIpc) is 3.04. The van der Waals surface area contributed by atoms with E-state index in [0.29, 0.717) is 6.04 Å². The third-order valence-electron chi connectivity index (χ3n) is 8.13. The maximum absolute atomic E-state index is 2.80. The van der Waals surface area contributed by atoms with Crippen LogP contribution in [0.2, 0.25) is 0 Å². The van der Waals surface area contributed by atoms with Gasteiger partial charge in [0, 0.05) is 5.92 Å². The van der Waals surface area contributed by atoms with Gasteiger partial charge in [-0.2, -0.15) is 0 Å². The van der Waals surface area contributed by atoms with Crippen molar-refractivity contribution in [3.63, 3.8) is 0 Å².